The molecule has 0 saturated carbocycles. The predicted octanol–water partition coefficient (Wildman–Crippen LogP) is 2.91. The average Bonchev–Trinajstić information content (AvgIpc) is 2.88. The van der Waals surface area contributed by atoms with Gasteiger partial charge in [0.25, 0.3) is 0 Å². The highest BCUT2D eigenvalue weighted by molar-refractivity contribution is 5.97. The number of amides is 2. The minimum absolute atomic E-state index is 0.0870. The van der Waals surface area contributed by atoms with Gasteiger partial charge in [0.05, 0.1) is 5.56 Å². The van der Waals surface area contributed by atoms with E-state index in [2.05, 4.69) is 20.8 Å². The number of carbonyl (C=O) groups is 2. The number of hydrogen-bond donors (Lipinski definition) is 2. The van der Waals surface area contributed by atoms with Crippen molar-refractivity contribution >= 4 is 17.5 Å². The molecule has 1 aliphatic heterocycles. The molecule has 3 rings (SSSR count). The van der Waals surface area contributed by atoms with E-state index in [4.69, 9.17) is 0 Å². The maximum absolute atomic E-state index is 14.5. The Morgan fingerprint density at radius 1 is 1.18 bits per heavy atom. The van der Waals surface area contributed by atoms with Crippen LogP contribution in [0.5, 0.6) is 0 Å². The Bertz CT molecular complexity index is 877. The highest BCUT2D eigenvalue weighted by atomic mass is 19.1. The summed E-state index contributed by atoms with van der Waals surface area (Å²) in [4.78, 5) is 24.0. The number of anilines is 1. The van der Waals surface area contributed by atoms with Crippen molar-refractivity contribution in [2.75, 3.05) is 5.32 Å². The molecule has 28 heavy (non-hydrogen) atoms. The van der Waals surface area contributed by atoms with Gasteiger partial charge in [-0.2, -0.15) is 0 Å². The average molecular weight is 387 g/mol. The molecule has 8 heteroatoms. The predicted molar refractivity (Wildman–Crippen MR) is 104 cm³/mol. The van der Waals surface area contributed by atoms with E-state index >= 15 is 0 Å². The standard InChI is InChI=1S/C20H26FN5O2/c1-12(2)18(22-13(3)27)20(28)23-14-8-9-16(21)15(11-14)19-25-24-17-7-5-4-6-10-26(17)19/h8-9,11-12,18H,4-7,10H2,1-3H3,(H,22,27)(H,23,28). The molecule has 150 valence electrons. The summed E-state index contributed by atoms with van der Waals surface area (Å²) in [6.07, 6.45) is 4.00. The third-order valence-corrected chi connectivity index (χ3v) is 4.89. The number of nitrogens with zero attached hydrogens (tertiary/aromatic N) is 3. The summed E-state index contributed by atoms with van der Waals surface area (Å²) in [6, 6.07) is 3.71. The van der Waals surface area contributed by atoms with Crippen LogP contribution in [-0.2, 0) is 22.6 Å². The van der Waals surface area contributed by atoms with Gasteiger partial charge in [-0.05, 0) is 37.0 Å². The van der Waals surface area contributed by atoms with Crippen LogP contribution in [0.25, 0.3) is 11.4 Å². The Balaban J connectivity index is 1.87. The first-order valence-corrected chi connectivity index (χ1v) is 9.66. The van der Waals surface area contributed by atoms with E-state index in [1.807, 2.05) is 18.4 Å². The van der Waals surface area contributed by atoms with Crippen molar-refractivity contribution in [2.45, 2.75) is 59.0 Å². The van der Waals surface area contributed by atoms with Gasteiger partial charge in [-0.3, -0.25) is 9.59 Å². The zero-order chi connectivity index (χ0) is 20.3. The molecule has 0 spiro atoms. The summed E-state index contributed by atoms with van der Waals surface area (Å²) >= 11 is 0. The van der Waals surface area contributed by atoms with Crippen molar-refractivity contribution in [3.63, 3.8) is 0 Å². The largest absolute Gasteiger partial charge is 0.344 e. The first-order valence-electron chi connectivity index (χ1n) is 9.66. The minimum Gasteiger partial charge on any atom is -0.344 e. The number of rotatable bonds is 5. The fourth-order valence-corrected chi connectivity index (χ4v) is 3.43. The summed E-state index contributed by atoms with van der Waals surface area (Å²) in [5, 5.41) is 13.8. The lowest BCUT2D eigenvalue weighted by Crippen LogP contribution is -2.46. The van der Waals surface area contributed by atoms with Crippen molar-refractivity contribution in [1.82, 2.24) is 20.1 Å². The normalized spacial score (nSPS) is 14.9. The molecule has 1 unspecified atom stereocenters. The number of nitrogens with one attached hydrogen (secondary N) is 2. The van der Waals surface area contributed by atoms with E-state index in [1.54, 1.807) is 6.07 Å². The maximum Gasteiger partial charge on any atom is 0.247 e. The molecular weight excluding hydrogens is 361 g/mol. The highest BCUT2D eigenvalue weighted by Gasteiger charge is 2.24. The topological polar surface area (TPSA) is 88.9 Å². The van der Waals surface area contributed by atoms with Gasteiger partial charge in [-0.15, -0.1) is 10.2 Å². The van der Waals surface area contributed by atoms with Crippen molar-refractivity contribution in [2.24, 2.45) is 5.92 Å². The van der Waals surface area contributed by atoms with Crippen molar-refractivity contribution in [3.8, 4) is 11.4 Å². The van der Waals surface area contributed by atoms with Gasteiger partial charge in [0, 0.05) is 25.6 Å². The van der Waals surface area contributed by atoms with Crippen molar-refractivity contribution < 1.29 is 14.0 Å². The van der Waals surface area contributed by atoms with Gasteiger partial charge in [0.1, 0.15) is 17.7 Å². The number of halogens is 1. The molecule has 1 aromatic heterocycles. The van der Waals surface area contributed by atoms with E-state index in [0.717, 1.165) is 38.1 Å². The minimum atomic E-state index is -0.671. The maximum atomic E-state index is 14.5. The Kier molecular flexibility index (Phi) is 6.06. The SMILES string of the molecule is CC(=O)NC(C(=O)Nc1ccc(F)c(-c2nnc3n2CCCCC3)c1)C(C)C. The molecule has 1 atom stereocenters. The lowest BCUT2D eigenvalue weighted by Gasteiger charge is -2.21. The van der Waals surface area contributed by atoms with Crippen LogP contribution in [-0.4, -0.2) is 32.6 Å². The summed E-state index contributed by atoms with van der Waals surface area (Å²) in [5.41, 5.74) is 0.752. The molecule has 0 aliphatic carbocycles. The van der Waals surface area contributed by atoms with E-state index in [1.165, 1.54) is 19.1 Å². The fraction of sp³-hybridized carbons (Fsp3) is 0.500. The monoisotopic (exact) mass is 387 g/mol. The summed E-state index contributed by atoms with van der Waals surface area (Å²) < 4.78 is 16.5. The number of hydrogen-bond acceptors (Lipinski definition) is 4. The van der Waals surface area contributed by atoms with E-state index in [9.17, 15) is 14.0 Å². The molecule has 7 nitrogen and oxygen atoms in total. The van der Waals surface area contributed by atoms with E-state index in [-0.39, 0.29) is 17.7 Å². The van der Waals surface area contributed by atoms with Gasteiger partial charge in [-0.25, -0.2) is 4.39 Å². The quantitative estimate of drug-likeness (QED) is 0.826. The Labute approximate surface area is 163 Å². The van der Waals surface area contributed by atoms with Crippen LogP contribution in [0.4, 0.5) is 10.1 Å². The van der Waals surface area contributed by atoms with Crippen LogP contribution in [0.1, 0.15) is 45.9 Å². The Hall–Kier alpha value is -2.77. The third-order valence-electron chi connectivity index (χ3n) is 4.89. The highest BCUT2D eigenvalue weighted by Crippen LogP contribution is 2.27. The van der Waals surface area contributed by atoms with E-state index < -0.39 is 11.9 Å². The second kappa shape index (κ2) is 8.50. The molecule has 2 heterocycles. The Morgan fingerprint density at radius 3 is 2.68 bits per heavy atom. The van der Waals surface area contributed by atoms with Crippen LogP contribution in [0.2, 0.25) is 0 Å². The van der Waals surface area contributed by atoms with Gasteiger partial charge in [-0.1, -0.05) is 20.3 Å². The first-order chi connectivity index (χ1) is 13.4. The number of carbonyl (C=O) groups excluding carboxylic acids is 2. The molecule has 1 aliphatic rings. The zero-order valence-corrected chi connectivity index (χ0v) is 16.5. The summed E-state index contributed by atoms with van der Waals surface area (Å²) in [6.45, 7) is 5.82. The first kappa shape index (κ1) is 20.0. The van der Waals surface area contributed by atoms with Crippen molar-refractivity contribution in [1.29, 1.82) is 0 Å². The molecule has 0 saturated heterocycles. The molecule has 0 bridgehead atoms. The zero-order valence-electron chi connectivity index (χ0n) is 16.5. The lowest BCUT2D eigenvalue weighted by molar-refractivity contribution is -0.126. The van der Waals surface area contributed by atoms with Crippen molar-refractivity contribution in [3.05, 3.63) is 29.8 Å². The molecule has 2 aromatic rings. The summed E-state index contributed by atoms with van der Waals surface area (Å²) in [5.74, 6) is 0.220. The Morgan fingerprint density at radius 2 is 1.96 bits per heavy atom. The molecule has 0 fully saturated rings. The second-order valence-electron chi connectivity index (χ2n) is 7.51. The summed E-state index contributed by atoms with van der Waals surface area (Å²) in [7, 11) is 0. The smallest absolute Gasteiger partial charge is 0.247 e. The van der Waals surface area contributed by atoms with Gasteiger partial charge < -0.3 is 15.2 Å². The molecule has 2 N–H and O–H groups in total. The second-order valence-corrected chi connectivity index (χ2v) is 7.51. The molecule has 1 aromatic carbocycles. The molecule has 0 radical (unpaired) electrons. The third kappa shape index (κ3) is 4.37. The van der Waals surface area contributed by atoms with Crippen LogP contribution in [0, 0.1) is 11.7 Å². The van der Waals surface area contributed by atoms with Crippen LogP contribution in [0.3, 0.4) is 0 Å². The number of benzene rings is 1. The van der Waals surface area contributed by atoms with Gasteiger partial charge in [0.2, 0.25) is 11.8 Å². The molecular formula is C20H26FN5O2. The van der Waals surface area contributed by atoms with Gasteiger partial charge >= 0.3 is 0 Å². The van der Waals surface area contributed by atoms with Crippen LogP contribution in [0.15, 0.2) is 18.2 Å². The number of aromatic nitrogens is 3. The molecule has 2 amide bonds. The van der Waals surface area contributed by atoms with Crippen LogP contribution >= 0.6 is 0 Å². The fourth-order valence-electron chi connectivity index (χ4n) is 3.43. The van der Waals surface area contributed by atoms with Crippen LogP contribution < -0.4 is 10.6 Å². The number of fused-ring (bicyclic) bond motifs is 1. The lowest BCUT2D eigenvalue weighted by atomic mass is 10.0. The van der Waals surface area contributed by atoms with E-state index in [0.29, 0.717) is 17.1 Å². The number of aryl methyl sites for hydroxylation is 1. The van der Waals surface area contributed by atoms with Gasteiger partial charge in [0.15, 0.2) is 5.82 Å².